The number of amides is 3. The summed E-state index contributed by atoms with van der Waals surface area (Å²) in [5.74, 6) is 0.254. The third-order valence-electron chi connectivity index (χ3n) is 22.7. The topological polar surface area (TPSA) is 338 Å². The number of rotatable bonds is 23. The molecular formula is C99H125BCl4N26O10Si3. The number of H-pyrrole nitrogens is 3. The number of hydrogen-bond acceptors (Lipinski definition) is 18. The molecule has 11 aromatic rings. The van der Waals surface area contributed by atoms with Crippen LogP contribution in [0.4, 0.5) is 27.5 Å². The van der Waals surface area contributed by atoms with Crippen LogP contribution in [0.1, 0.15) is 88.5 Å². The summed E-state index contributed by atoms with van der Waals surface area (Å²) in [4.78, 5) is 96.2. The molecule has 5 saturated heterocycles. The number of carbonyl (C=O) groups is 4. The lowest BCUT2D eigenvalue weighted by Gasteiger charge is -2.46. The number of nitrogens with one attached hydrogen (secondary N) is 4. The molecule has 0 saturated carbocycles. The van der Waals surface area contributed by atoms with E-state index in [0.717, 1.165) is 128 Å². The maximum absolute atomic E-state index is 12.1. The molecule has 754 valence electrons. The highest BCUT2D eigenvalue weighted by atomic mass is 35.5. The van der Waals surface area contributed by atoms with Gasteiger partial charge in [0.05, 0.1) is 92.7 Å². The van der Waals surface area contributed by atoms with Crippen molar-refractivity contribution in [3.63, 3.8) is 0 Å². The highest BCUT2D eigenvalue weighted by molar-refractivity contribution is 6.77. The van der Waals surface area contributed by atoms with Gasteiger partial charge >= 0.3 is 13.2 Å². The Kier molecular flexibility index (Phi) is 44.1. The average molecular weight is 2080 g/mol. The molecule has 5 aliphatic heterocycles. The Labute approximate surface area is 861 Å². The molecule has 4 N–H and O–H groups in total. The Bertz CT molecular complexity index is 6600. The number of ether oxygens (including phenoxy) is 4. The van der Waals surface area contributed by atoms with E-state index in [4.69, 9.17) is 116 Å². The van der Waals surface area contributed by atoms with E-state index in [-0.39, 0.29) is 60.4 Å². The van der Waals surface area contributed by atoms with E-state index in [0.29, 0.717) is 117 Å². The zero-order valence-corrected chi connectivity index (χ0v) is 90.6. The summed E-state index contributed by atoms with van der Waals surface area (Å²) in [7, 11) is -3.61. The molecule has 143 heavy (non-hydrogen) atoms. The van der Waals surface area contributed by atoms with Gasteiger partial charge in [-0.05, 0) is 119 Å². The van der Waals surface area contributed by atoms with Gasteiger partial charge in [0.15, 0.2) is 24.1 Å². The first-order valence-corrected chi connectivity index (χ1v) is 58.3. The molecule has 5 fully saturated rings. The molecule has 16 rings (SSSR count). The molecule has 0 unspecified atom stereocenters. The molecule has 44 heteroatoms. The van der Waals surface area contributed by atoms with Gasteiger partial charge in [0, 0.05) is 226 Å². The van der Waals surface area contributed by atoms with Gasteiger partial charge in [0.25, 0.3) is 0 Å². The number of halogens is 4. The minimum atomic E-state index is -1.16. The standard InChI is InChI=1S/C25H31N7O2Si.C17H21N5OSi.C14H18ClN3OSi.C10H14N2O2.C9H15BN2O2.C8H4ClN3.C8H10N2O.C5H6N2.C3H5ClO.ClH/c1-7-22(33)31-16-25(17-31,15-26-2)32-14-19(12-29-32)23-20-8-9-30(18-34-10-11-35(4,5)6)24(20)28-13-21(23)27-3;1-18-15-11-19-17-14(16(15)13-9-20-21-10-13)5-6-22(17)12-23-7-8-24(2,3)4;1-16-12-9-17-14-11(13(12)15)5-6-18(14)10-19-7-8-20(2,3)4;1-10(2,3)14-9(13)12-6-8(7-12)5-11-4;1-8(2)9(3,4)14-10(13-8)7-5-11-12-6-7;1-10-6-4-12-8-5(7(6)9)2-3-11-8;1-3-8(11)10-5-7(6-10)4-9-2;1-6-2-5-3-7-4-5;1-2-3(4)5;/h8-9,12-14H,7,10-11,15-18H2,1,4-6H3;5-6,9-11H,7-8,12H2,2-4H3,(H,20,21);5-6,9H,7-8,10H2,2-4H3;5H,6-7H2,1-3H3;5-6H,1-4H3,(H,11,12);2-4H,(H,11,12);4H,3,5-6H2,1H3;2,7H,3-4H2;2H2,1H3;1H. The number of carbonyl (C=O) groups excluding carboxylic acids is 4. The second kappa shape index (κ2) is 53.9. The number of aromatic amines is 3. The highest BCUT2D eigenvalue weighted by Crippen LogP contribution is 2.42. The number of hydrogen-bond donors (Lipinski definition) is 4. The van der Waals surface area contributed by atoms with E-state index in [9.17, 15) is 19.2 Å². The lowest BCUT2D eigenvalue weighted by atomic mass is 9.82. The van der Waals surface area contributed by atoms with Gasteiger partial charge in [-0.2, -0.15) is 15.3 Å². The normalized spacial score (nSPS) is 14.3. The maximum atomic E-state index is 12.1. The van der Waals surface area contributed by atoms with E-state index >= 15 is 0 Å². The van der Waals surface area contributed by atoms with Crippen LogP contribution in [0.3, 0.4) is 0 Å². The summed E-state index contributed by atoms with van der Waals surface area (Å²) >= 11 is 16.9. The van der Waals surface area contributed by atoms with Crippen LogP contribution in [-0.2, 0) is 68.4 Å². The maximum Gasteiger partial charge on any atom is 0.498 e. The quantitative estimate of drug-likeness (QED) is 0.0200. The van der Waals surface area contributed by atoms with Gasteiger partial charge in [-0.15, -0.1) is 12.4 Å². The fraction of sp³-hybridized carbons (Fsp3) is 0.444. The van der Waals surface area contributed by atoms with Crippen molar-refractivity contribution < 1.29 is 47.4 Å². The lowest BCUT2D eigenvalue weighted by molar-refractivity contribution is -0.141. The van der Waals surface area contributed by atoms with E-state index in [2.05, 4.69) is 153 Å². The SMILES string of the molecule is CC1(C)OB(c2cn[nH]c2)OC1(C)C.CCC(=O)Cl.Cl.[C-]#[N+]C=C1CN(C(=O)CC)C1.[C-]#[N+]C=C1CN(C(=O)OC(C)(C)C)C1.[C-]#[N+]C=C1CNC1.[C-]#[N+]CC1(n2cc(-c3c([N+]#[C-])cnc4c3ccn4COCC[Si](C)(C)C)cn2)CN(C(=O)CC)C1.[C-]#[N+]c1cnc2[nH]ccc2c1Cl.[C-]#[N+]c1cnc2c(ccn2COCC[Si](C)(C)C)c1-c1cn[nH]c1.[C-]#[N+]c1cnc2c(ccn2COCC[Si](C)(C)C)c1Cl. The zero-order valence-electron chi connectivity index (χ0n) is 84.5. The van der Waals surface area contributed by atoms with Gasteiger partial charge in [-0.1, -0.05) is 103 Å². The smallest absolute Gasteiger partial charge is 0.444 e. The minimum Gasteiger partial charge on any atom is -0.444 e. The number of fused-ring (bicyclic) bond motifs is 4. The minimum absolute atomic E-state index is 0. The summed E-state index contributed by atoms with van der Waals surface area (Å²) in [6.07, 6.45) is 30.1. The predicted octanol–water partition coefficient (Wildman–Crippen LogP) is 22.0. The van der Waals surface area contributed by atoms with Crippen LogP contribution >= 0.6 is 47.2 Å². The van der Waals surface area contributed by atoms with Crippen LogP contribution in [0.2, 0.25) is 87.1 Å². The van der Waals surface area contributed by atoms with Gasteiger partial charge in [0.1, 0.15) is 48.4 Å². The van der Waals surface area contributed by atoms with Crippen LogP contribution in [0.15, 0.2) is 146 Å². The predicted molar refractivity (Wildman–Crippen MR) is 572 cm³/mol. The second-order valence-electron chi connectivity index (χ2n) is 39.2. The first-order valence-electron chi connectivity index (χ1n) is 46.0. The third kappa shape index (κ3) is 33.9. The molecule has 36 nitrogen and oxygen atoms in total. The zero-order chi connectivity index (χ0) is 105. The molecule has 0 aromatic carbocycles. The Morgan fingerprint density at radius 1 is 0.531 bits per heavy atom. The Morgan fingerprint density at radius 2 is 0.951 bits per heavy atom. The number of pyridine rings is 4. The van der Waals surface area contributed by atoms with Crippen molar-refractivity contribution >= 4 is 174 Å². The largest absolute Gasteiger partial charge is 0.498 e. The van der Waals surface area contributed by atoms with Crippen LogP contribution in [0.5, 0.6) is 0 Å². The molecule has 0 aliphatic carbocycles. The molecule has 0 spiro atoms. The van der Waals surface area contributed by atoms with Crippen LogP contribution in [0, 0.1) is 52.6 Å². The fourth-order valence-corrected chi connectivity index (χ4v) is 16.5. The molecule has 0 bridgehead atoms. The second-order valence-corrected chi connectivity index (χ2v) is 57.2. The van der Waals surface area contributed by atoms with E-state index in [1.165, 1.54) is 30.4 Å². The van der Waals surface area contributed by atoms with Crippen molar-refractivity contribution in [3.8, 4) is 22.3 Å². The average Bonchev–Trinajstić information content (AvgIpc) is 1.69. The monoisotopic (exact) mass is 2070 g/mol. The molecule has 11 aromatic heterocycles. The van der Waals surface area contributed by atoms with Crippen LogP contribution < -0.4 is 10.8 Å². The van der Waals surface area contributed by atoms with Gasteiger partial charge in [-0.3, -0.25) is 34.2 Å². The van der Waals surface area contributed by atoms with E-state index in [1.807, 2.05) is 119 Å². The lowest BCUT2D eigenvalue weighted by Crippen LogP contribution is -2.65. The number of likely N-dealkylation sites (tertiary alicyclic amines) is 3. The van der Waals surface area contributed by atoms with Crippen molar-refractivity contribution in [1.82, 2.24) is 88.8 Å². The summed E-state index contributed by atoms with van der Waals surface area (Å²) in [6, 6.07) is 11.0. The number of nitrogens with zero attached hydrogens (tertiary/aromatic N) is 22. The molecular weight excluding hydrogens is 1950 g/mol. The molecule has 0 radical (unpaired) electrons. The Morgan fingerprint density at radius 3 is 1.35 bits per heavy atom. The fourth-order valence-electron chi connectivity index (χ4n) is 13.7. The molecule has 16 heterocycles. The van der Waals surface area contributed by atoms with Crippen LogP contribution in [-0.4, -0.2) is 234 Å². The Hall–Kier alpha value is -13.0. The first kappa shape index (κ1) is 117. The van der Waals surface area contributed by atoms with Crippen molar-refractivity contribution in [2.45, 2.75) is 208 Å². The van der Waals surface area contributed by atoms with Gasteiger partial charge in [0.2, 0.25) is 46.4 Å². The van der Waals surface area contributed by atoms with Crippen molar-refractivity contribution in [2.24, 2.45) is 0 Å². The summed E-state index contributed by atoms with van der Waals surface area (Å²) in [6.45, 7) is 105. The van der Waals surface area contributed by atoms with Gasteiger partial charge in [-0.25, -0.2) is 60.2 Å². The summed E-state index contributed by atoms with van der Waals surface area (Å²) in [5, 5.41) is 25.1. The molecule has 0 atom stereocenters. The van der Waals surface area contributed by atoms with E-state index in [1.54, 1.807) is 88.1 Å². The third-order valence-corrected chi connectivity index (χ3v) is 28.9. The molecule has 5 aliphatic rings. The first-order chi connectivity index (χ1) is 67.3. The van der Waals surface area contributed by atoms with E-state index < -0.39 is 35.4 Å². The summed E-state index contributed by atoms with van der Waals surface area (Å²) < 4.78 is 41.9. The van der Waals surface area contributed by atoms with Gasteiger partial charge < -0.3 is 71.8 Å². The Balaban J connectivity index is 0.000000229. The van der Waals surface area contributed by atoms with Crippen molar-refractivity contribution in [2.75, 3.05) is 78.7 Å². The molecule has 3 amide bonds. The highest BCUT2D eigenvalue weighted by Gasteiger charge is 2.53. The van der Waals surface area contributed by atoms with Crippen molar-refractivity contribution in [3.05, 3.63) is 248 Å². The van der Waals surface area contributed by atoms with Crippen molar-refractivity contribution in [1.29, 1.82) is 0 Å². The summed E-state index contributed by atoms with van der Waals surface area (Å²) in [5.41, 5.74) is 10.8. The number of aromatic nitrogens is 14. The van der Waals surface area contributed by atoms with Crippen LogP contribution in [0.25, 0.3) is 105 Å².